The highest BCUT2D eigenvalue weighted by Crippen LogP contribution is 2.26. The first kappa shape index (κ1) is 17.6. The molecule has 1 heterocycles. The van der Waals surface area contributed by atoms with E-state index in [1.165, 1.54) is 48.2 Å². The lowest BCUT2D eigenvalue weighted by molar-refractivity contribution is 0.0697. The van der Waals surface area contributed by atoms with Crippen molar-refractivity contribution in [2.24, 2.45) is 0 Å². The molecule has 1 N–H and O–H groups in total. The summed E-state index contributed by atoms with van der Waals surface area (Å²) >= 11 is 0. The van der Waals surface area contributed by atoms with Crippen LogP contribution in [0.25, 0.3) is 5.69 Å². The molecule has 0 fully saturated rings. The van der Waals surface area contributed by atoms with Crippen LogP contribution in [0.15, 0.2) is 58.5 Å². The lowest BCUT2D eigenvalue weighted by Crippen LogP contribution is -2.06. The maximum atomic E-state index is 12.9. The zero-order valence-corrected chi connectivity index (χ0v) is 14.8. The van der Waals surface area contributed by atoms with Crippen molar-refractivity contribution in [2.45, 2.75) is 16.8 Å². The lowest BCUT2D eigenvalue weighted by Gasteiger charge is -2.06. The summed E-state index contributed by atoms with van der Waals surface area (Å²) in [5.74, 6) is -0.631. The van der Waals surface area contributed by atoms with Crippen LogP contribution in [0.1, 0.15) is 16.1 Å². The van der Waals surface area contributed by atoms with E-state index in [2.05, 4.69) is 10.3 Å². The highest BCUT2D eigenvalue weighted by atomic mass is 32.2. The van der Waals surface area contributed by atoms with E-state index < -0.39 is 15.8 Å². The minimum atomic E-state index is -3.88. The average Bonchev–Trinajstić information content (AvgIpc) is 3.04. The summed E-state index contributed by atoms with van der Waals surface area (Å²) in [5.41, 5.74) is 0.943. The molecule has 3 aromatic rings. The van der Waals surface area contributed by atoms with E-state index in [1.54, 1.807) is 19.1 Å². The summed E-state index contributed by atoms with van der Waals surface area (Å²) in [6, 6.07) is 12.0. The first-order chi connectivity index (χ1) is 12.3. The van der Waals surface area contributed by atoms with Gasteiger partial charge in [-0.05, 0) is 49.4 Å². The van der Waals surface area contributed by atoms with Crippen molar-refractivity contribution in [1.82, 2.24) is 15.0 Å². The SMILES string of the molecule is COc1cccc(S(=O)(=O)c2nnn(-c3ccc(C(=O)O)cc3)c2C)c1. The molecule has 0 aliphatic rings. The number of carboxylic acids is 1. The third-order valence-electron chi connectivity index (χ3n) is 3.82. The van der Waals surface area contributed by atoms with Crippen LogP contribution >= 0.6 is 0 Å². The van der Waals surface area contributed by atoms with Crippen LogP contribution in [0.5, 0.6) is 5.75 Å². The predicted molar refractivity (Wildman–Crippen MR) is 91.5 cm³/mol. The molecule has 3 rings (SSSR count). The molecule has 134 valence electrons. The Morgan fingerprint density at radius 3 is 2.46 bits per heavy atom. The van der Waals surface area contributed by atoms with Gasteiger partial charge in [-0.3, -0.25) is 0 Å². The maximum Gasteiger partial charge on any atom is 0.335 e. The number of sulfone groups is 1. The topological polar surface area (TPSA) is 111 Å². The molecule has 0 saturated carbocycles. The molecule has 0 saturated heterocycles. The van der Waals surface area contributed by atoms with Crippen molar-refractivity contribution < 1.29 is 23.1 Å². The molecule has 0 aliphatic carbocycles. The van der Waals surface area contributed by atoms with Gasteiger partial charge >= 0.3 is 5.97 Å². The Labute approximate surface area is 149 Å². The van der Waals surface area contributed by atoms with Crippen molar-refractivity contribution in [3.05, 3.63) is 59.8 Å². The molecule has 0 spiro atoms. The summed E-state index contributed by atoms with van der Waals surface area (Å²) in [6.07, 6.45) is 0. The van der Waals surface area contributed by atoms with Crippen LogP contribution in [0, 0.1) is 6.92 Å². The Kier molecular flexibility index (Phi) is 4.47. The number of carboxylic acid groups (broad SMARTS) is 1. The monoisotopic (exact) mass is 373 g/mol. The van der Waals surface area contributed by atoms with Crippen molar-refractivity contribution in [3.63, 3.8) is 0 Å². The van der Waals surface area contributed by atoms with E-state index in [-0.39, 0.29) is 15.5 Å². The molecule has 26 heavy (non-hydrogen) atoms. The van der Waals surface area contributed by atoms with Crippen molar-refractivity contribution in [1.29, 1.82) is 0 Å². The minimum Gasteiger partial charge on any atom is -0.497 e. The van der Waals surface area contributed by atoms with Gasteiger partial charge in [0.1, 0.15) is 5.75 Å². The van der Waals surface area contributed by atoms with Gasteiger partial charge in [0.15, 0.2) is 0 Å². The third kappa shape index (κ3) is 3.04. The number of benzene rings is 2. The molecular formula is C17H15N3O5S. The molecular weight excluding hydrogens is 358 g/mol. The Bertz CT molecular complexity index is 1070. The molecule has 0 radical (unpaired) electrons. The standard InChI is InChI=1S/C17H15N3O5S/c1-11-16(26(23,24)15-5-3-4-14(10-15)25-2)18-19-20(11)13-8-6-12(7-9-13)17(21)22/h3-10H,1-2H3,(H,21,22). The summed E-state index contributed by atoms with van der Waals surface area (Å²) in [5, 5.41) is 16.5. The number of methoxy groups -OCH3 is 1. The molecule has 0 bridgehead atoms. The third-order valence-corrected chi connectivity index (χ3v) is 5.58. The first-order valence-electron chi connectivity index (χ1n) is 7.50. The van der Waals surface area contributed by atoms with Gasteiger partial charge in [-0.2, -0.15) is 0 Å². The second kappa shape index (κ2) is 6.60. The number of rotatable bonds is 5. The number of aromatic nitrogens is 3. The van der Waals surface area contributed by atoms with Crippen LogP contribution < -0.4 is 4.74 Å². The van der Waals surface area contributed by atoms with Gasteiger partial charge in [-0.15, -0.1) is 5.10 Å². The normalized spacial score (nSPS) is 11.3. The van der Waals surface area contributed by atoms with E-state index in [0.29, 0.717) is 17.1 Å². The zero-order valence-electron chi connectivity index (χ0n) is 13.9. The fraction of sp³-hybridized carbons (Fsp3) is 0.118. The highest BCUT2D eigenvalue weighted by molar-refractivity contribution is 7.91. The van der Waals surface area contributed by atoms with Crippen molar-refractivity contribution >= 4 is 15.8 Å². The van der Waals surface area contributed by atoms with E-state index in [1.807, 2.05) is 0 Å². The highest BCUT2D eigenvalue weighted by Gasteiger charge is 2.26. The lowest BCUT2D eigenvalue weighted by atomic mass is 10.2. The van der Waals surface area contributed by atoms with Crippen LogP contribution in [0.2, 0.25) is 0 Å². The summed E-state index contributed by atoms with van der Waals surface area (Å²) in [7, 11) is -2.43. The molecule has 0 amide bonds. The van der Waals surface area contributed by atoms with Crippen molar-refractivity contribution in [2.75, 3.05) is 7.11 Å². The zero-order chi connectivity index (χ0) is 18.9. The van der Waals surface area contributed by atoms with Gasteiger partial charge in [-0.1, -0.05) is 11.3 Å². The van der Waals surface area contributed by atoms with Gasteiger partial charge in [0.05, 0.1) is 29.0 Å². The van der Waals surface area contributed by atoms with E-state index in [9.17, 15) is 13.2 Å². The number of nitrogens with zero attached hydrogens (tertiary/aromatic N) is 3. The number of hydrogen-bond donors (Lipinski definition) is 1. The predicted octanol–water partition coefficient (Wildman–Crippen LogP) is 2.12. The molecule has 0 unspecified atom stereocenters. The Morgan fingerprint density at radius 1 is 1.15 bits per heavy atom. The molecule has 0 aliphatic heterocycles. The molecule has 0 atom stereocenters. The largest absolute Gasteiger partial charge is 0.497 e. The summed E-state index contributed by atoms with van der Waals surface area (Å²) in [4.78, 5) is 11.0. The van der Waals surface area contributed by atoms with Gasteiger partial charge in [-0.25, -0.2) is 17.9 Å². The second-order valence-corrected chi connectivity index (χ2v) is 7.29. The summed E-state index contributed by atoms with van der Waals surface area (Å²) in [6.45, 7) is 1.58. The number of hydrogen-bond acceptors (Lipinski definition) is 6. The minimum absolute atomic E-state index is 0.0493. The smallest absolute Gasteiger partial charge is 0.335 e. The quantitative estimate of drug-likeness (QED) is 0.729. The van der Waals surface area contributed by atoms with Gasteiger partial charge < -0.3 is 9.84 Å². The average molecular weight is 373 g/mol. The molecule has 1 aromatic heterocycles. The van der Waals surface area contributed by atoms with Crippen LogP contribution in [0.3, 0.4) is 0 Å². The summed E-state index contributed by atoms with van der Waals surface area (Å²) < 4.78 is 32.1. The van der Waals surface area contributed by atoms with Crippen LogP contribution in [-0.2, 0) is 9.84 Å². The van der Waals surface area contributed by atoms with Gasteiger partial charge in [0.25, 0.3) is 0 Å². The maximum absolute atomic E-state index is 12.9. The van der Waals surface area contributed by atoms with Crippen molar-refractivity contribution in [3.8, 4) is 11.4 Å². The first-order valence-corrected chi connectivity index (χ1v) is 8.98. The second-order valence-electron chi connectivity index (χ2n) is 5.43. The molecule has 2 aromatic carbocycles. The van der Waals surface area contributed by atoms with Crippen LogP contribution in [-0.4, -0.2) is 41.6 Å². The number of ether oxygens (including phenoxy) is 1. The van der Waals surface area contributed by atoms with E-state index in [4.69, 9.17) is 9.84 Å². The van der Waals surface area contributed by atoms with Gasteiger partial charge in [0, 0.05) is 0 Å². The fourth-order valence-electron chi connectivity index (χ4n) is 2.43. The fourth-order valence-corrected chi connectivity index (χ4v) is 3.81. The number of aromatic carboxylic acids is 1. The van der Waals surface area contributed by atoms with E-state index >= 15 is 0 Å². The van der Waals surface area contributed by atoms with Gasteiger partial charge in [0.2, 0.25) is 14.9 Å². The molecule has 8 nitrogen and oxygen atoms in total. The number of carbonyl (C=O) groups is 1. The Balaban J connectivity index is 2.04. The Hall–Kier alpha value is -3.20. The molecule has 9 heteroatoms. The Morgan fingerprint density at radius 2 is 1.85 bits per heavy atom. The van der Waals surface area contributed by atoms with Crippen LogP contribution in [0.4, 0.5) is 0 Å². The van der Waals surface area contributed by atoms with E-state index in [0.717, 1.165) is 0 Å².